The molecule has 2 N–H and O–H groups in total. The fourth-order valence-corrected chi connectivity index (χ4v) is 2.76. The van der Waals surface area contributed by atoms with Gasteiger partial charge in [0.25, 0.3) is 0 Å². The number of esters is 1. The number of para-hydroxylation sites is 1. The van der Waals surface area contributed by atoms with Crippen LogP contribution in [0.1, 0.15) is 25.3 Å². The van der Waals surface area contributed by atoms with Gasteiger partial charge in [-0.25, -0.2) is 0 Å². The highest BCUT2D eigenvalue weighted by molar-refractivity contribution is 5.83. The van der Waals surface area contributed by atoms with Crippen molar-refractivity contribution in [2.24, 2.45) is 5.92 Å². The van der Waals surface area contributed by atoms with Gasteiger partial charge in [0, 0.05) is 30.1 Å². The van der Waals surface area contributed by atoms with Crippen molar-refractivity contribution < 1.29 is 14.3 Å². The molecule has 1 heterocycles. The van der Waals surface area contributed by atoms with Gasteiger partial charge >= 0.3 is 5.97 Å². The Kier molecular flexibility index (Phi) is 6.61. The molecule has 1 atom stereocenters. The minimum atomic E-state index is -0.301. The summed E-state index contributed by atoms with van der Waals surface area (Å²) in [5.41, 5.74) is 2.29. The molecule has 0 saturated heterocycles. The highest BCUT2D eigenvalue weighted by Crippen LogP contribution is 2.17. The lowest BCUT2D eigenvalue weighted by atomic mass is 10.0. The quantitative estimate of drug-likeness (QED) is 0.578. The summed E-state index contributed by atoms with van der Waals surface area (Å²) >= 11 is 0. The van der Waals surface area contributed by atoms with E-state index in [1.807, 2.05) is 43.5 Å². The van der Waals surface area contributed by atoms with Crippen LogP contribution in [0.25, 0.3) is 10.9 Å². The number of amides is 1. The average molecular weight is 328 g/mol. The molecule has 24 heavy (non-hydrogen) atoms. The smallest absolute Gasteiger partial charge is 0.306 e. The van der Waals surface area contributed by atoms with Crippen LogP contribution >= 0.6 is 0 Å². The zero-order chi connectivity index (χ0) is 17.4. The molecular weight excluding hydrogens is 304 g/mol. The van der Waals surface area contributed by atoms with Gasteiger partial charge in [-0.3, -0.25) is 9.59 Å². The molecule has 0 saturated carbocycles. The fourth-order valence-electron chi connectivity index (χ4n) is 2.76. The number of aromatic nitrogens is 1. The second-order valence-electron chi connectivity index (χ2n) is 5.73. The third-order valence-electron chi connectivity index (χ3n) is 3.96. The van der Waals surface area contributed by atoms with Crippen LogP contribution in [-0.2, 0) is 20.7 Å². The van der Waals surface area contributed by atoms with Crippen LogP contribution < -0.4 is 5.32 Å². The van der Waals surface area contributed by atoms with E-state index in [0.717, 1.165) is 11.9 Å². The standard InChI is InChI=1S/C19H24N2O3/c1-3-6-14(12-19(23)24-2)11-18(22)20-10-9-15-13-21-17-8-5-4-7-16(15)17/h3-8,13-14,21H,9-12H2,1-2H3,(H,20,22)/b6-3+. The Morgan fingerprint density at radius 1 is 1.29 bits per heavy atom. The second-order valence-corrected chi connectivity index (χ2v) is 5.73. The highest BCUT2D eigenvalue weighted by atomic mass is 16.5. The summed E-state index contributed by atoms with van der Waals surface area (Å²) in [5, 5.41) is 4.11. The maximum absolute atomic E-state index is 12.1. The van der Waals surface area contributed by atoms with E-state index >= 15 is 0 Å². The van der Waals surface area contributed by atoms with Crippen LogP contribution in [0, 0.1) is 5.92 Å². The van der Waals surface area contributed by atoms with Crippen LogP contribution in [0.15, 0.2) is 42.6 Å². The molecular formula is C19H24N2O3. The predicted octanol–water partition coefficient (Wildman–Crippen LogP) is 2.97. The van der Waals surface area contributed by atoms with Crippen molar-refractivity contribution in [3.63, 3.8) is 0 Å². The lowest BCUT2D eigenvalue weighted by molar-refractivity contribution is -0.141. The van der Waals surface area contributed by atoms with Gasteiger partial charge in [-0.05, 0) is 30.9 Å². The van der Waals surface area contributed by atoms with E-state index in [2.05, 4.69) is 21.1 Å². The van der Waals surface area contributed by atoms with Crippen molar-refractivity contribution in [1.29, 1.82) is 0 Å². The number of aromatic amines is 1. The summed E-state index contributed by atoms with van der Waals surface area (Å²) in [6.07, 6.45) is 6.98. The molecule has 1 aromatic carbocycles. The van der Waals surface area contributed by atoms with Gasteiger partial charge in [-0.1, -0.05) is 30.4 Å². The van der Waals surface area contributed by atoms with Gasteiger partial charge in [-0.15, -0.1) is 0 Å². The molecule has 5 nitrogen and oxygen atoms in total. The SMILES string of the molecule is C/C=C/C(CC(=O)NCCc1c[nH]c2ccccc12)CC(=O)OC. The van der Waals surface area contributed by atoms with Gasteiger partial charge in [0.05, 0.1) is 13.5 Å². The van der Waals surface area contributed by atoms with Crippen molar-refractivity contribution in [3.8, 4) is 0 Å². The molecule has 128 valence electrons. The Bertz CT molecular complexity index is 718. The number of carbonyl (C=O) groups excluding carboxylic acids is 2. The van der Waals surface area contributed by atoms with E-state index in [-0.39, 0.29) is 30.6 Å². The minimum absolute atomic E-state index is 0.0538. The van der Waals surface area contributed by atoms with Crippen LogP contribution in [0.2, 0.25) is 0 Å². The molecule has 5 heteroatoms. The van der Waals surface area contributed by atoms with E-state index in [1.54, 1.807) is 0 Å². The Morgan fingerprint density at radius 2 is 2.08 bits per heavy atom. The highest BCUT2D eigenvalue weighted by Gasteiger charge is 2.15. The minimum Gasteiger partial charge on any atom is -0.469 e. The predicted molar refractivity (Wildman–Crippen MR) is 94.6 cm³/mol. The number of nitrogens with one attached hydrogen (secondary N) is 2. The van der Waals surface area contributed by atoms with Crippen molar-refractivity contribution >= 4 is 22.8 Å². The van der Waals surface area contributed by atoms with Crippen molar-refractivity contribution in [1.82, 2.24) is 10.3 Å². The summed E-state index contributed by atoms with van der Waals surface area (Å²) in [6.45, 7) is 2.45. The molecule has 2 rings (SSSR count). The van der Waals surface area contributed by atoms with E-state index in [4.69, 9.17) is 0 Å². The van der Waals surface area contributed by atoms with Crippen LogP contribution in [0.5, 0.6) is 0 Å². The monoisotopic (exact) mass is 328 g/mol. The lowest BCUT2D eigenvalue weighted by Crippen LogP contribution is -2.28. The first-order valence-electron chi connectivity index (χ1n) is 8.15. The summed E-state index contributed by atoms with van der Waals surface area (Å²) in [7, 11) is 1.36. The van der Waals surface area contributed by atoms with Crippen LogP contribution in [0.4, 0.5) is 0 Å². The van der Waals surface area contributed by atoms with Crippen LogP contribution in [0.3, 0.4) is 0 Å². The van der Waals surface area contributed by atoms with Gasteiger partial charge in [0.1, 0.15) is 0 Å². The Hall–Kier alpha value is -2.56. The zero-order valence-electron chi connectivity index (χ0n) is 14.2. The number of fused-ring (bicyclic) bond motifs is 1. The third kappa shape index (κ3) is 4.98. The molecule has 0 aliphatic heterocycles. The number of carbonyl (C=O) groups is 2. The van der Waals surface area contributed by atoms with Crippen LogP contribution in [-0.4, -0.2) is 30.5 Å². The van der Waals surface area contributed by atoms with Crippen molar-refractivity contribution in [2.75, 3.05) is 13.7 Å². The summed E-state index contributed by atoms with van der Waals surface area (Å²) in [5.74, 6) is -0.484. The zero-order valence-corrected chi connectivity index (χ0v) is 14.2. The van der Waals surface area contributed by atoms with Crippen molar-refractivity contribution in [3.05, 3.63) is 48.2 Å². The number of benzene rings is 1. The molecule has 1 amide bonds. The van der Waals surface area contributed by atoms with Gasteiger partial charge < -0.3 is 15.0 Å². The molecule has 0 fully saturated rings. The Balaban J connectivity index is 1.82. The summed E-state index contributed by atoms with van der Waals surface area (Å²) in [4.78, 5) is 26.7. The molecule has 1 unspecified atom stereocenters. The van der Waals surface area contributed by atoms with E-state index in [9.17, 15) is 9.59 Å². The molecule has 0 aliphatic rings. The third-order valence-corrected chi connectivity index (χ3v) is 3.96. The molecule has 0 aliphatic carbocycles. The summed E-state index contributed by atoms with van der Waals surface area (Å²) < 4.78 is 4.67. The van der Waals surface area contributed by atoms with Crippen molar-refractivity contribution in [2.45, 2.75) is 26.2 Å². The molecule has 0 bridgehead atoms. The number of methoxy groups -OCH3 is 1. The molecule has 0 spiro atoms. The topological polar surface area (TPSA) is 71.2 Å². The Labute approximate surface area is 142 Å². The van der Waals surface area contributed by atoms with Gasteiger partial charge in [0.2, 0.25) is 5.91 Å². The number of H-pyrrole nitrogens is 1. The Morgan fingerprint density at radius 3 is 2.83 bits per heavy atom. The molecule has 0 radical (unpaired) electrons. The van der Waals surface area contributed by atoms with E-state index in [0.29, 0.717) is 6.54 Å². The first-order chi connectivity index (χ1) is 11.6. The largest absolute Gasteiger partial charge is 0.469 e. The van der Waals surface area contributed by atoms with Gasteiger partial charge in [-0.2, -0.15) is 0 Å². The summed E-state index contributed by atoms with van der Waals surface area (Å²) in [6, 6.07) is 8.10. The average Bonchev–Trinajstić information content (AvgIpc) is 2.98. The maximum atomic E-state index is 12.1. The normalized spacial score (nSPS) is 12.4. The van der Waals surface area contributed by atoms with E-state index in [1.165, 1.54) is 18.1 Å². The van der Waals surface area contributed by atoms with E-state index < -0.39 is 0 Å². The number of rotatable bonds is 8. The number of hydrogen-bond donors (Lipinski definition) is 2. The first-order valence-corrected chi connectivity index (χ1v) is 8.15. The number of allylic oxidation sites excluding steroid dienone is 2. The second kappa shape index (κ2) is 8.91. The van der Waals surface area contributed by atoms with Gasteiger partial charge in [0.15, 0.2) is 0 Å². The molecule has 2 aromatic rings. The first kappa shape index (κ1) is 17.8. The number of ether oxygens (including phenoxy) is 1. The lowest BCUT2D eigenvalue weighted by Gasteiger charge is -2.11. The fraction of sp³-hybridized carbons (Fsp3) is 0.368. The maximum Gasteiger partial charge on any atom is 0.306 e. The molecule has 1 aromatic heterocycles. The number of hydrogen-bond acceptors (Lipinski definition) is 3.